The fraction of sp³-hybridized carbons (Fsp3) is 0.250. The molecule has 2 rings (SSSR count). The molecular weight excluding hydrogens is 262 g/mol. The number of hydrogen-bond donors (Lipinski definition) is 2. The van der Waals surface area contributed by atoms with Crippen LogP contribution in [-0.4, -0.2) is 23.9 Å². The summed E-state index contributed by atoms with van der Waals surface area (Å²) >= 11 is 0. The van der Waals surface area contributed by atoms with Crippen LogP contribution in [0, 0.1) is 0 Å². The Morgan fingerprint density at radius 2 is 2.00 bits per heavy atom. The molecule has 0 atom stereocenters. The Morgan fingerprint density at radius 1 is 1.26 bits per heavy atom. The van der Waals surface area contributed by atoms with Crippen molar-refractivity contribution in [1.29, 1.82) is 0 Å². The first kappa shape index (κ1) is 13.4. The second-order valence-electron chi connectivity index (χ2n) is 4.01. The van der Waals surface area contributed by atoms with Crippen LogP contribution in [0.4, 0.5) is 28.9 Å². The summed E-state index contributed by atoms with van der Waals surface area (Å²) in [6.07, 6.45) is -2.15. The Bertz CT molecular complexity index is 586. The minimum absolute atomic E-state index is 0.181. The van der Waals surface area contributed by atoms with E-state index in [1.165, 1.54) is 6.07 Å². The van der Waals surface area contributed by atoms with Crippen LogP contribution in [0.25, 0.3) is 10.9 Å². The summed E-state index contributed by atoms with van der Waals surface area (Å²) in [6, 6.07) is 6.34. The molecule has 7 heteroatoms. The molecule has 0 bridgehead atoms. The summed E-state index contributed by atoms with van der Waals surface area (Å²) in [5.41, 5.74) is 6.78. The molecule has 1 aromatic carbocycles. The van der Waals surface area contributed by atoms with Gasteiger partial charge in [0.25, 0.3) is 0 Å². The number of hydrogen-bond acceptors (Lipinski definition) is 3. The summed E-state index contributed by atoms with van der Waals surface area (Å²) in [5, 5.41) is 2.82. The maximum absolute atomic E-state index is 12.8. The van der Waals surface area contributed by atoms with E-state index in [4.69, 9.17) is 5.73 Å². The van der Waals surface area contributed by atoms with Crippen molar-refractivity contribution in [2.24, 2.45) is 0 Å². The Hall–Kier alpha value is -2.05. The third-order valence-electron chi connectivity index (χ3n) is 2.66. The van der Waals surface area contributed by atoms with Gasteiger partial charge in [-0.05, 0) is 24.3 Å². The van der Waals surface area contributed by atoms with Crippen LogP contribution in [-0.2, 0) is 0 Å². The normalized spacial score (nSPS) is 12.1. The van der Waals surface area contributed by atoms with Crippen LogP contribution < -0.4 is 11.1 Å². The molecule has 0 radical (unpaired) electrons. The number of anilines is 2. The van der Waals surface area contributed by atoms with Crippen LogP contribution in [0.15, 0.2) is 30.5 Å². The molecule has 1 heterocycles. The van der Waals surface area contributed by atoms with Crippen molar-refractivity contribution in [3.63, 3.8) is 0 Å². The first-order valence-corrected chi connectivity index (χ1v) is 5.45. The van der Waals surface area contributed by atoms with Crippen LogP contribution >= 0.6 is 0 Å². The van der Waals surface area contributed by atoms with E-state index in [0.717, 1.165) is 0 Å². The summed E-state index contributed by atoms with van der Waals surface area (Å²) in [4.78, 5) is 4.04. The standard InChI is InChI=1S/C12H11F4N3/c13-11(14)12(15,16)6-19-9-4-3-8-7(10(9)17)2-1-5-18-8/h1-5,11,19H,6,17H2. The highest BCUT2D eigenvalue weighted by Crippen LogP contribution is 2.29. The average molecular weight is 273 g/mol. The van der Waals surface area contributed by atoms with Crippen LogP contribution in [0.2, 0.25) is 0 Å². The number of rotatable bonds is 4. The van der Waals surface area contributed by atoms with Crippen molar-refractivity contribution in [2.45, 2.75) is 12.3 Å². The number of aromatic nitrogens is 1. The maximum atomic E-state index is 12.8. The van der Waals surface area contributed by atoms with Crippen LogP contribution in [0.5, 0.6) is 0 Å². The Balaban J connectivity index is 2.25. The number of nitrogens with zero attached hydrogens (tertiary/aromatic N) is 1. The van der Waals surface area contributed by atoms with Crippen molar-refractivity contribution in [1.82, 2.24) is 4.98 Å². The van der Waals surface area contributed by atoms with E-state index in [2.05, 4.69) is 10.3 Å². The Kier molecular flexibility index (Phi) is 3.46. The molecule has 0 amide bonds. The highest BCUT2D eigenvalue weighted by Gasteiger charge is 2.40. The van der Waals surface area contributed by atoms with Gasteiger partial charge in [0.1, 0.15) is 0 Å². The number of fused-ring (bicyclic) bond motifs is 1. The molecule has 0 aliphatic heterocycles. The van der Waals surface area contributed by atoms with Gasteiger partial charge < -0.3 is 11.1 Å². The second kappa shape index (κ2) is 4.91. The monoisotopic (exact) mass is 273 g/mol. The molecule has 2 aromatic rings. The van der Waals surface area contributed by atoms with E-state index in [0.29, 0.717) is 10.9 Å². The van der Waals surface area contributed by atoms with Gasteiger partial charge in [-0.2, -0.15) is 8.78 Å². The van der Waals surface area contributed by atoms with Crippen molar-refractivity contribution < 1.29 is 17.6 Å². The first-order chi connectivity index (χ1) is 8.92. The molecule has 0 saturated heterocycles. The lowest BCUT2D eigenvalue weighted by atomic mass is 10.1. The number of halogens is 4. The largest absolute Gasteiger partial charge is 0.397 e. The van der Waals surface area contributed by atoms with E-state index >= 15 is 0 Å². The minimum Gasteiger partial charge on any atom is -0.397 e. The summed E-state index contributed by atoms with van der Waals surface area (Å²) in [5.74, 6) is -4.10. The van der Waals surface area contributed by atoms with Crippen molar-refractivity contribution in [3.05, 3.63) is 30.5 Å². The molecular formula is C12H11F4N3. The van der Waals surface area contributed by atoms with Gasteiger partial charge in [0.15, 0.2) is 0 Å². The molecule has 1 aromatic heterocycles. The maximum Gasteiger partial charge on any atom is 0.324 e. The number of pyridine rings is 1. The summed E-state index contributed by atoms with van der Waals surface area (Å²) in [7, 11) is 0. The number of nitrogens with one attached hydrogen (secondary N) is 1. The minimum atomic E-state index is -4.10. The van der Waals surface area contributed by atoms with Crippen LogP contribution in [0.3, 0.4) is 0 Å². The molecule has 3 N–H and O–H groups in total. The molecule has 0 unspecified atom stereocenters. The smallest absolute Gasteiger partial charge is 0.324 e. The highest BCUT2D eigenvalue weighted by atomic mass is 19.3. The van der Waals surface area contributed by atoms with Gasteiger partial charge in [-0.15, -0.1) is 0 Å². The Morgan fingerprint density at radius 3 is 2.68 bits per heavy atom. The van der Waals surface area contributed by atoms with E-state index in [1.807, 2.05) is 0 Å². The molecule has 0 aliphatic carbocycles. The molecule has 0 fully saturated rings. The quantitative estimate of drug-likeness (QED) is 0.664. The predicted molar refractivity (Wildman–Crippen MR) is 65.6 cm³/mol. The molecule has 0 saturated carbocycles. The van der Waals surface area contributed by atoms with Crippen molar-refractivity contribution >= 4 is 22.3 Å². The lowest BCUT2D eigenvalue weighted by Crippen LogP contribution is -2.34. The van der Waals surface area contributed by atoms with Crippen LogP contribution in [0.1, 0.15) is 0 Å². The predicted octanol–water partition coefficient (Wildman–Crippen LogP) is 3.13. The zero-order valence-electron chi connectivity index (χ0n) is 9.71. The van der Waals surface area contributed by atoms with Crippen molar-refractivity contribution in [3.8, 4) is 0 Å². The molecule has 0 spiro atoms. The third-order valence-corrected chi connectivity index (χ3v) is 2.66. The van der Waals surface area contributed by atoms with Gasteiger partial charge in [0, 0.05) is 11.6 Å². The molecule has 102 valence electrons. The first-order valence-electron chi connectivity index (χ1n) is 5.45. The zero-order chi connectivity index (χ0) is 14.0. The van der Waals surface area contributed by atoms with Crippen molar-refractivity contribution in [2.75, 3.05) is 17.6 Å². The number of alkyl halides is 4. The van der Waals surface area contributed by atoms with Gasteiger partial charge in [-0.1, -0.05) is 0 Å². The number of nitrogens with two attached hydrogens (primary N) is 1. The molecule has 19 heavy (non-hydrogen) atoms. The highest BCUT2D eigenvalue weighted by molar-refractivity contribution is 5.96. The lowest BCUT2D eigenvalue weighted by molar-refractivity contribution is -0.117. The van der Waals surface area contributed by atoms with E-state index in [-0.39, 0.29) is 11.4 Å². The summed E-state index contributed by atoms with van der Waals surface area (Å²) in [6.45, 7) is -1.18. The molecule has 3 nitrogen and oxygen atoms in total. The molecule has 0 aliphatic rings. The fourth-order valence-electron chi connectivity index (χ4n) is 1.62. The SMILES string of the molecule is Nc1c(NCC(F)(F)C(F)F)ccc2ncccc12. The lowest BCUT2D eigenvalue weighted by Gasteiger charge is -2.18. The fourth-order valence-corrected chi connectivity index (χ4v) is 1.62. The topological polar surface area (TPSA) is 50.9 Å². The van der Waals surface area contributed by atoms with E-state index in [9.17, 15) is 17.6 Å². The summed E-state index contributed by atoms with van der Waals surface area (Å²) < 4.78 is 49.7. The van der Waals surface area contributed by atoms with Gasteiger partial charge in [0.2, 0.25) is 0 Å². The van der Waals surface area contributed by atoms with E-state index in [1.54, 1.807) is 24.4 Å². The van der Waals surface area contributed by atoms with Gasteiger partial charge in [-0.3, -0.25) is 4.98 Å². The third kappa shape index (κ3) is 2.69. The van der Waals surface area contributed by atoms with Gasteiger partial charge in [-0.25, -0.2) is 8.78 Å². The van der Waals surface area contributed by atoms with Gasteiger partial charge >= 0.3 is 12.3 Å². The average Bonchev–Trinajstić information content (AvgIpc) is 2.38. The van der Waals surface area contributed by atoms with E-state index < -0.39 is 18.9 Å². The number of benzene rings is 1. The van der Waals surface area contributed by atoms with Gasteiger partial charge in [0.05, 0.1) is 23.4 Å². The number of nitrogen functional groups attached to an aromatic ring is 1. The Labute approximate surface area is 106 Å². The second-order valence-corrected chi connectivity index (χ2v) is 4.01. The zero-order valence-corrected chi connectivity index (χ0v) is 9.71.